The van der Waals surface area contributed by atoms with E-state index in [1.54, 1.807) is 0 Å². The molecule has 0 saturated carbocycles. The maximum Gasteiger partial charge on any atom is 0.0597 e. The van der Waals surface area contributed by atoms with Gasteiger partial charge in [-0.1, -0.05) is 15.9 Å². The monoisotopic (exact) mass is 321 g/mol. The molecule has 19 heavy (non-hydrogen) atoms. The van der Waals surface area contributed by atoms with Gasteiger partial charge in [-0.15, -0.1) is 0 Å². The van der Waals surface area contributed by atoms with E-state index < -0.39 is 0 Å². The molecule has 0 bridgehead atoms. The van der Waals surface area contributed by atoms with Gasteiger partial charge in [-0.3, -0.25) is 0 Å². The lowest BCUT2D eigenvalue weighted by Gasteiger charge is -2.19. The van der Waals surface area contributed by atoms with E-state index in [4.69, 9.17) is 0 Å². The van der Waals surface area contributed by atoms with E-state index in [0.29, 0.717) is 0 Å². The Balaban J connectivity index is 2.17. The summed E-state index contributed by atoms with van der Waals surface area (Å²) in [6.45, 7) is 4.00. The van der Waals surface area contributed by atoms with Gasteiger partial charge < -0.3 is 14.8 Å². The van der Waals surface area contributed by atoms with Crippen LogP contribution >= 0.6 is 15.9 Å². The van der Waals surface area contributed by atoms with Gasteiger partial charge in [0, 0.05) is 37.0 Å². The zero-order valence-electron chi connectivity index (χ0n) is 11.7. The molecule has 1 aromatic carbocycles. The number of benzene rings is 1. The highest BCUT2D eigenvalue weighted by molar-refractivity contribution is 9.10. The molecule has 4 heteroatoms. The molecule has 0 unspecified atom stereocenters. The van der Waals surface area contributed by atoms with Crippen LogP contribution in [0.25, 0.3) is 0 Å². The highest BCUT2D eigenvalue weighted by Crippen LogP contribution is 2.28. The third-order valence-electron chi connectivity index (χ3n) is 3.16. The van der Waals surface area contributed by atoms with Crippen LogP contribution in [0.2, 0.25) is 0 Å². The highest BCUT2D eigenvalue weighted by Gasteiger charge is 2.06. The van der Waals surface area contributed by atoms with Gasteiger partial charge in [0.2, 0.25) is 0 Å². The predicted molar refractivity (Wildman–Crippen MR) is 85.9 cm³/mol. The summed E-state index contributed by atoms with van der Waals surface area (Å²) in [4.78, 5) is 2.12. The maximum absolute atomic E-state index is 3.53. The molecule has 3 nitrogen and oxygen atoms in total. The van der Waals surface area contributed by atoms with Gasteiger partial charge >= 0.3 is 0 Å². The number of hydrogen-bond donors (Lipinski definition) is 1. The third kappa shape index (κ3) is 3.32. The molecule has 102 valence electrons. The van der Waals surface area contributed by atoms with Crippen molar-refractivity contribution in [1.82, 2.24) is 4.57 Å². The van der Waals surface area contributed by atoms with Gasteiger partial charge in [0.1, 0.15) is 0 Å². The van der Waals surface area contributed by atoms with E-state index in [9.17, 15) is 0 Å². The molecular weight excluding hydrogens is 302 g/mol. The lowest BCUT2D eigenvalue weighted by molar-refractivity contribution is 0.724. The Morgan fingerprint density at radius 2 is 2.05 bits per heavy atom. The first-order valence-corrected chi connectivity index (χ1v) is 7.26. The molecule has 1 heterocycles. The molecule has 0 saturated heterocycles. The first-order valence-electron chi connectivity index (χ1n) is 6.46. The number of hydrogen-bond acceptors (Lipinski definition) is 2. The van der Waals surface area contributed by atoms with Crippen molar-refractivity contribution in [3.05, 3.63) is 46.7 Å². The number of anilines is 2. The first-order chi connectivity index (χ1) is 9.11. The van der Waals surface area contributed by atoms with Crippen LogP contribution in [-0.2, 0) is 13.1 Å². The van der Waals surface area contributed by atoms with Crippen LogP contribution in [0.5, 0.6) is 0 Å². The Kier molecular flexibility index (Phi) is 4.53. The van der Waals surface area contributed by atoms with Crippen molar-refractivity contribution >= 4 is 27.3 Å². The Hall–Kier alpha value is -1.42. The van der Waals surface area contributed by atoms with Crippen LogP contribution in [0.1, 0.15) is 12.6 Å². The molecule has 2 rings (SSSR count). The zero-order valence-corrected chi connectivity index (χ0v) is 13.2. The minimum Gasteiger partial charge on any atom is -0.378 e. The van der Waals surface area contributed by atoms with Crippen LogP contribution in [-0.4, -0.2) is 18.7 Å². The van der Waals surface area contributed by atoms with Crippen LogP contribution in [0.15, 0.2) is 41.0 Å². The Labute approximate surface area is 123 Å². The fraction of sp³-hybridized carbons (Fsp3) is 0.333. The van der Waals surface area contributed by atoms with Crippen molar-refractivity contribution in [1.29, 1.82) is 0 Å². The summed E-state index contributed by atoms with van der Waals surface area (Å²) in [6, 6.07) is 10.5. The Morgan fingerprint density at radius 1 is 1.26 bits per heavy atom. The van der Waals surface area contributed by atoms with Gasteiger partial charge in [0.05, 0.1) is 17.9 Å². The SMILES string of the molecule is CCn1cccc1CNc1cc(Br)ccc1N(C)C. The second-order valence-corrected chi connectivity index (χ2v) is 5.61. The minimum atomic E-state index is 0.831. The molecule has 0 aliphatic carbocycles. The van der Waals surface area contributed by atoms with E-state index in [-0.39, 0.29) is 0 Å². The second-order valence-electron chi connectivity index (χ2n) is 4.69. The van der Waals surface area contributed by atoms with Gasteiger partial charge in [0.15, 0.2) is 0 Å². The number of nitrogens with zero attached hydrogens (tertiary/aromatic N) is 2. The smallest absolute Gasteiger partial charge is 0.0597 e. The minimum absolute atomic E-state index is 0.831. The molecule has 2 aromatic rings. The topological polar surface area (TPSA) is 20.2 Å². The number of nitrogens with one attached hydrogen (secondary N) is 1. The number of aryl methyl sites for hydroxylation is 1. The van der Waals surface area contributed by atoms with Crippen molar-refractivity contribution in [2.45, 2.75) is 20.0 Å². The summed E-state index contributed by atoms with van der Waals surface area (Å²) in [5, 5.41) is 3.52. The highest BCUT2D eigenvalue weighted by atomic mass is 79.9. The molecule has 0 aliphatic rings. The van der Waals surface area contributed by atoms with Crippen LogP contribution in [0.4, 0.5) is 11.4 Å². The molecule has 0 amide bonds. The summed E-state index contributed by atoms with van der Waals surface area (Å²) in [5.74, 6) is 0. The fourth-order valence-corrected chi connectivity index (χ4v) is 2.51. The summed E-state index contributed by atoms with van der Waals surface area (Å²) in [5.41, 5.74) is 3.63. The summed E-state index contributed by atoms with van der Waals surface area (Å²) in [7, 11) is 4.12. The quantitative estimate of drug-likeness (QED) is 0.899. The van der Waals surface area contributed by atoms with Crippen molar-refractivity contribution in [2.24, 2.45) is 0 Å². The summed E-state index contributed by atoms with van der Waals surface area (Å²) in [6.07, 6.45) is 2.12. The molecule has 0 radical (unpaired) electrons. The lowest BCUT2D eigenvalue weighted by Crippen LogP contribution is -2.13. The maximum atomic E-state index is 3.53. The lowest BCUT2D eigenvalue weighted by atomic mass is 10.2. The van der Waals surface area contributed by atoms with Crippen LogP contribution in [0, 0.1) is 0 Å². The van der Waals surface area contributed by atoms with E-state index >= 15 is 0 Å². The number of halogens is 1. The molecule has 1 aromatic heterocycles. The summed E-state index contributed by atoms with van der Waals surface area (Å²) >= 11 is 3.53. The van der Waals surface area contributed by atoms with E-state index in [2.05, 4.69) is 88.3 Å². The molecule has 0 aliphatic heterocycles. The normalized spacial score (nSPS) is 10.5. The van der Waals surface area contributed by atoms with Crippen LogP contribution < -0.4 is 10.2 Å². The summed E-state index contributed by atoms with van der Waals surface area (Å²) < 4.78 is 3.34. The first kappa shape index (κ1) is 14.0. The van der Waals surface area contributed by atoms with Crippen molar-refractivity contribution in [3.8, 4) is 0 Å². The molecule has 0 spiro atoms. The Bertz CT molecular complexity index is 546. The predicted octanol–water partition coefficient (Wildman–Crippen LogP) is 3.95. The third-order valence-corrected chi connectivity index (χ3v) is 3.66. The molecule has 0 atom stereocenters. The molecular formula is C15H20BrN3. The van der Waals surface area contributed by atoms with Crippen LogP contribution in [0.3, 0.4) is 0 Å². The number of rotatable bonds is 5. The zero-order chi connectivity index (χ0) is 13.8. The second kappa shape index (κ2) is 6.15. The molecule has 0 fully saturated rings. The van der Waals surface area contributed by atoms with Crippen molar-refractivity contribution in [3.63, 3.8) is 0 Å². The average Bonchev–Trinajstić information content (AvgIpc) is 2.83. The van der Waals surface area contributed by atoms with E-state index in [1.165, 1.54) is 11.4 Å². The van der Waals surface area contributed by atoms with Gasteiger partial charge in [-0.2, -0.15) is 0 Å². The van der Waals surface area contributed by atoms with Gasteiger partial charge in [0.25, 0.3) is 0 Å². The van der Waals surface area contributed by atoms with Crippen molar-refractivity contribution in [2.75, 3.05) is 24.3 Å². The largest absolute Gasteiger partial charge is 0.378 e. The van der Waals surface area contributed by atoms with E-state index in [1.807, 2.05) is 0 Å². The standard InChI is InChI=1S/C15H20BrN3/c1-4-19-9-5-6-13(19)11-17-14-10-12(16)7-8-15(14)18(2)3/h5-10,17H,4,11H2,1-3H3. The average molecular weight is 322 g/mol. The van der Waals surface area contributed by atoms with E-state index in [0.717, 1.165) is 23.2 Å². The van der Waals surface area contributed by atoms with Gasteiger partial charge in [-0.25, -0.2) is 0 Å². The number of aromatic nitrogens is 1. The Morgan fingerprint density at radius 3 is 2.74 bits per heavy atom. The fourth-order valence-electron chi connectivity index (χ4n) is 2.14. The van der Waals surface area contributed by atoms with Gasteiger partial charge in [-0.05, 0) is 37.3 Å². The molecule has 1 N–H and O–H groups in total. The van der Waals surface area contributed by atoms with Crippen molar-refractivity contribution < 1.29 is 0 Å².